The van der Waals surface area contributed by atoms with Gasteiger partial charge in [-0.25, -0.2) is 0 Å². The minimum Gasteiger partial charge on any atom is -0.379 e. The first-order chi connectivity index (χ1) is 9.33. The minimum absolute atomic E-state index is 0.899. The Morgan fingerprint density at radius 3 is 2.74 bits per heavy atom. The summed E-state index contributed by atoms with van der Waals surface area (Å²) in [5.41, 5.74) is 1.21. The van der Waals surface area contributed by atoms with Gasteiger partial charge < -0.3 is 5.32 Å². The second-order valence-electron chi connectivity index (χ2n) is 4.17. The lowest BCUT2D eigenvalue weighted by Gasteiger charge is -2.10. The molecule has 1 N–H and O–H groups in total. The zero-order valence-corrected chi connectivity index (χ0v) is 12.8. The highest BCUT2D eigenvalue weighted by Crippen LogP contribution is 2.28. The van der Waals surface area contributed by atoms with Crippen LogP contribution in [0.1, 0.15) is 16.7 Å². The maximum absolute atomic E-state index is 3.77. The molecule has 1 aromatic carbocycles. The molecule has 1 heterocycles. The van der Waals surface area contributed by atoms with Gasteiger partial charge in [0.15, 0.2) is 0 Å². The monoisotopic (exact) mass is 289 g/mol. The molecule has 0 spiro atoms. The van der Waals surface area contributed by atoms with E-state index in [1.165, 1.54) is 20.3 Å². The molecule has 100 valence electrons. The molecule has 1 nitrogen and oxygen atoms in total. The average Bonchev–Trinajstić information content (AvgIpc) is 2.91. The normalized spacial score (nSPS) is 10.4. The van der Waals surface area contributed by atoms with Gasteiger partial charge in [0.05, 0.1) is 0 Å². The predicted octanol–water partition coefficient (Wildman–Crippen LogP) is 5.20. The fourth-order valence-corrected chi connectivity index (χ4v) is 3.44. The fraction of sp³-hybridized carbons (Fsp3) is 0.250. The molecule has 1 aromatic heterocycles. The molecule has 0 fully saturated rings. The van der Waals surface area contributed by atoms with Crippen molar-refractivity contribution in [2.24, 2.45) is 0 Å². The summed E-state index contributed by atoms with van der Waals surface area (Å²) in [6, 6.07) is 12.9. The van der Waals surface area contributed by atoms with E-state index < -0.39 is 0 Å². The Balaban J connectivity index is 2.00. The van der Waals surface area contributed by atoms with E-state index in [1.807, 2.05) is 29.2 Å². The first kappa shape index (κ1) is 14.2. The third kappa shape index (κ3) is 4.15. The summed E-state index contributed by atoms with van der Waals surface area (Å²) in [6.07, 6.45) is 3.06. The van der Waals surface area contributed by atoms with Crippen molar-refractivity contribution in [1.82, 2.24) is 0 Å². The van der Waals surface area contributed by atoms with Crippen molar-refractivity contribution in [3.8, 4) is 0 Å². The molecule has 0 saturated heterocycles. The third-order valence-electron chi connectivity index (χ3n) is 2.76. The molecule has 0 aliphatic heterocycles. The van der Waals surface area contributed by atoms with Gasteiger partial charge in [-0.05, 0) is 30.7 Å². The van der Waals surface area contributed by atoms with Crippen LogP contribution in [-0.2, 0) is 13.0 Å². The number of rotatable bonds is 7. The number of hydrogen-bond acceptors (Lipinski definition) is 3. The van der Waals surface area contributed by atoms with Gasteiger partial charge in [0.25, 0.3) is 0 Å². The molecule has 0 amide bonds. The van der Waals surface area contributed by atoms with E-state index in [9.17, 15) is 0 Å². The maximum Gasteiger partial charge on any atom is 0.0494 e. The number of aryl methyl sites for hydroxylation is 1. The van der Waals surface area contributed by atoms with Crippen LogP contribution >= 0.6 is 23.1 Å². The van der Waals surface area contributed by atoms with Gasteiger partial charge >= 0.3 is 0 Å². The number of hydrogen-bond donors (Lipinski definition) is 1. The van der Waals surface area contributed by atoms with E-state index in [-0.39, 0.29) is 0 Å². The molecule has 0 bridgehead atoms. The number of para-hydroxylation sites is 1. The molecule has 3 heteroatoms. The van der Waals surface area contributed by atoms with Crippen LogP contribution in [0.25, 0.3) is 0 Å². The van der Waals surface area contributed by atoms with Crippen LogP contribution in [0.2, 0.25) is 0 Å². The molecular formula is C16H19NS2. The van der Waals surface area contributed by atoms with E-state index in [2.05, 4.69) is 55.2 Å². The van der Waals surface area contributed by atoms with Crippen molar-refractivity contribution in [1.29, 1.82) is 0 Å². The summed E-state index contributed by atoms with van der Waals surface area (Å²) < 4.78 is 0. The van der Waals surface area contributed by atoms with E-state index in [4.69, 9.17) is 0 Å². The summed E-state index contributed by atoms with van der Waals surface area (Å²) in [5, 5.41) is 3.53. The summed E-state index contributed by atoms with van der Waals surface area (Å²) in [6.45, 7) is 6.87. The van der Waals surface area contributed by atoms with Crippen molar-refractivity contribution in [3.05, 3.63) is 58.8 Å². The SMILES string of the molecule is C=CCSc1ccccc1NCc1ccc(CC)s1. The zero-order chi connectivity index (χ0) is 13.5. The quantitative estimate of drug-likeness (QED) is 0.555. The van der Waals surface area contributed by atoms with Crippen molar-refractivity contribution < 1.29 is 0 Å². The highest BCUT2D eigenvalue weighted by atomic mass is 32.2. The average molecular weight is 289 g/mol. The zero-order valence-electron chi connectivity index (χ0n) is 11.2. The lowest BCUT2D eigenvalue weighted by molar-refractivity contribution is 1.17. The van der Waals surface area contributed by atoms with Crippen LogP contribution < -0.4 is 5.32 Å². The minimum atomic E-state index is 0.899. The highest BCUT2D eigenvalue weighted by molar-refractivity contribution is 7.99. The van der Waals surface area contributed by atoms with Crippen LogP contribution in [0.15, 0.2) is 53.9 Å². The Morgan fingerprint density at radius 2 is 2.00 bits per heavy atom. The topological polar surface area (TPSA) is 12.0 Å². The molecule has 0 saturated carbocycles. The molecule has 0 radical (unpaired) electrons. The van der Waals surface area contributed by atoms with Gasteiger partial charge in [-0.3, -0.25) is 0 Å². The van der Waals surface area contributed by atoms with Crippen molar-refractivity contribution in [2.45, 2.75) is 24.8 Å². The lowest BCUT2D eigenvalue weighted by Crippen LogP contribution is -1.98. The molecule has 0 unspecified atom stereocenters. The second kappa shape index (κ2) is 7.41. The lowest BCUT2D eigenvalue weighted by atomic mass is 10.3. The standard InChI is InChI=1S/C16H19NS2/c1-3-11-18-16-8-6-5-7-15(16)17-12-14-10-9-13(4-2)19-14/h3,5-10,17H,1,4,11-12H2,2H3. The van der Waals surface area contributed by atoms with Crippen LogP contribution in [0, 0.1) is 0 Å². The number of anilines is 1. The molecule has 0 aliphatic carbocycles. The van der Waals surface area contributed by atoms with E-state index in [1.54, 1.807) is 0 Å². The Bertz CT molecular complexity index is 531. The number of benzene rings is 1. The Kier molecular flexibility index (Phi) is 5.55. The molecule has 2 rings (SSSR count). The Hall–Kier alpha value is -1.19. The van der Waals surface area contributed by atoms with Crippen LogP contribution in [0.3, 0.4) is 0 Å². The Morgan fingerprint density at radius 1 is 1.21 bits per heavy atom. The number of nitrogens with one attached hydrogen (secondary N) is 1. The summed E-state index contributed by atoms with van der Waals surface area (Å²) in [4.78, 5) is 4.13. The van der Waals surface area contributed by atoms with Crippen molar-refractivity contribution >= 4 is 28.8 Å². The number of thiophene rings is 1. The van der Waals surface area contributed by atoms with E-state index in [0.717, 1.165) is 18.7 Å². The number of thioether (sulfide) groups is 1. The predicted molar refractivity (Wildman–Crippen MR) is 88.4 cm³/mol. The second-order valence-corrected chi connectivity index (χ2v) is 6.49. The molecule has 0 aliphatic rings. The van der Waals surface area contributed by atoms with Crippen LogP contribution in [0.4, 0.5) is 5.69 Å². The first-order valence-electron chi connectivity index (χ1n) is 6.47. The summed E-state index contributed by atoms with van der Waals surface area (Å²) in [7, 11) is 0. The van der Waals surface area contributed by atoms with Crippen LogP contribution in [-0.4, -0.2) is 5.75 Å². The van der Waals surface area contributed by atoms with Gasteiger partial charge in [0, 0.05) is 32.6 Å². The molecule has 19 heavy (non-hydrogen) atoms. The first-order valence-corrected chi connectivity index (χ1v) is 8.28. The van der Waals surface area contributed by atoms with E-state index >= 15 is 0 Å². The molecule has 0 atom stereocenters. The molecular weight excluding hydrogens is 270 g/mol. The van der Waals surface area contributed by atoms with Gasteiger partial charge in [-0.1, -0.05) is 25.1 Å². The maximum atomic E-state index is 3.77. The van der Waals surface area contributed by atoms with E-state index in [0.29, 0.717) is 0 Å². The third-order valence-corrected chi connectivity index (χ3v) is 5.06. The highest BCUT2D eigenvalue weighted by Gasteiger charge is 2.03. The molecule has 2 aromatic rings. The van der Waals surface area contributed by atoms with Gasteiger partial charge in [0.1, 0.15) is 0 Å². The largest absolute Gasteiger partial charge is 0.379 e. The summed E-state index contributed by atoms with van der Waals surface area (Å²) in [5.74, 6) is 0.942. The smallest absolute Gasteiger partial charge is 0.0494 e. The van der Waals surface area contributed by atoms with Gasteiger partial charge in [-0.2, -0.15) is 0 Å². The van der Waals surface area contributed by atoms with Crippen molar-refractivity contribution in [2.75, 3.05) is 11.1 Å². The van der Waals surface area contributed by atoms with Crippen LogP contribution in [0.5, 0.6) is 0 Å². The fourth-order valence-electron chi connectivity index (χ4n) is 1.78. The Labute approximate surface area is 123 Å². The van der Waals surface area contributed by atoms with Gasteiger partial charge in [-0.15, -0.1) is 29.7 Å². The summed E-state index contributed by atoms with van der Waals surface area (Å²) >= 11 is 3.71. The van der Waals surface area contributed by atoms with Gasteiger partial charge in [0.2, 0.25) is 0 Å². The van der Waals surface area contributed by atoms with Crippen molar-refractivity contribution in [3.63, 3.8) is 0 Å².